The van der Waals surface area contributed by atoms with Gasteiger partial charge in [-0.25, -0.2) is 13.8 Å². The van der Waals surface area contributed by atoms with Crippen LogP contribution in [0.1, 0.15) is 11.1 Å². The number of nitrogens with one attached hydrogen (secondary N) is 1. The highest BCUT2D eigenvalue weighted by atomic mass is 79.9. The summed E-state index contributed by atoms with van der Waals surface area (Å²) in [5.74, 6) is -0.659. The van der Waals surface area contributed by atoms with E-state index in [1.807, 2.05) is 0 Å². The summed E-state index contributed by atoms with van der Waals surface area (Å²) < 4.78 is 28.2. The number of non-ortho nitro benzene ring substituents is 1. The van der Waals surface area contributed by atoms with Crippen LogP contribution < -0.4 is 5.43 Å². The third-order valence-corrected chi connectivity index (χ3v) is 7.14. The van der Waals surface area contributed by atoms with Gasteiger partial charge in [0.1, 0.15) is 0 Å². The van der Waals surface area contributed by atoms with E-state index < -0.39 is 27.4 Å². The molecule has 0 aromatic heterocycles. The molecule has 0 spiro atoms. The van der Waals surface area contributed by atoms with Crippen LogP contribution in [0.4, 0.5) is 5.69 Å². The molecule has 3 rings (SSSR count). The van der Waals surface area contributed by atoms with Crippen LogP contribution >= 0.6 is 27.5 Å². The van der Waals surface area contributed by atoms with Gasteiger partial charge in [-0.15, -0.1) is 0 Å². The molecule has 0 fully saturated rings. The van der Waals surface area contributed by atoms with Crippen molar-refractivity contribution in [1.82, 2.24) is 9.73 Å². The fraction of sp³-hybridized carbons (Fsp3) is 0.0909. The fourth-order valence-electron chi connectivity index (χ4n) is 2.83. The molecular weight excluding hydrogens is 548 g/mol. The van der Waals surface area contributed by atoms with Gasteiger partial charge in [0.2, 0.25) is 10.0 Å². The Kier molecular flexibility index (Phi) is 8.51. The van der Waals surface area contributed by atoms with E-state index >= 15 is 0 Å². The highest BCUT2D eigenvalue weighted by Gasteiger charge is 2.27. The van der Waals surface area contributed by atoms with E-state index in [0.717, 1.165) is 4.31 Å². The van der Waals surface area contributed by atoms with E-state index in [0.29, 0.717) is 20.6 Å². The number of amides is 1. The minimum absolute atomic E-state index is 0.0341. The Morgan fingerprint density at radius 3 is 2.26 bits per heavy atom. The smallest absolute Gasteiger partial charge is 0.269 e. The first-order valence-electron chi connectivity index (χ1n) is 9.72. The number of sulfonamides is 1. The summed E-state index contributed by atoms with van der Waals surface area (Å²) in [5, 5.41) is 15.0. The summed E-state index contributed by atoms with van der Waals surface area (Å²) >= 11 is 9.19. The zero-order chi connectivity index (χ0) is 24.7. The maximum absolute atomic E-state index is 13.2. The first-order chi connectivity index (χ1) is 16.1. The molecule has 9 nitrogen and oxygen atoms in total. The SMILES string of the molecule is O=C(CN(Cc1ccc(Cl)cc1)S(=O)(=O)c1ccc(Br)cc1)N/N=C\c1ccc([N+](=O)[O-])cc1. The number of hydrogen-bond acceptors (Lipinski definition) is 6. The minimum atomic E-state index is -4.01. The average molecular weight is 566 g/mol. The molecular formula is C22H18BrClN4O5S. The summed E-state index contributed by atoms with van der Waals surface area (Å²) in [6.45, 7) is -0.548. The lowest BCUT2D eigenvalue weighted by atomic mass is 10.2. The Morgan fingerprint density at radius 2 is 1.68 bits per heavy atom. The third kappa shape index (κ3) is 6.94. The summed E-state index contributed by atoms with van der Waals surface area (Å²) in [5.41, 5.74) is 3.38. The van der Waals surface area contributed by atoms with Gasteiger partial charge in [0.25, 0.3) is 11.6 Å². The van der Waals surface area contributed by atoms with Gasteiger partial charge in [-0.3, -0.25) is 14.9 Å². The number of benzene rings is 3. The molecule has 12 heteroatoms. The molecule has 0 aliphatic rings. The number of hydrazone groups is 1. The van der Waals surface area contributed by atoms with Crippen molar-refractivity contribution in [2.75, 3.05) is 6.54 Å². The number of carbonyl (C=O) groups excluding carboxylic acids is 1. The van der Waals surface area contributed by atoms with Gasteiger partial charge in [-0.05, 0) is 59.7 Å². The van der Waals surface area contributed by atoms with E-state index in [1.165, 1.54) is 42.6 Å². The van der Waals surface area contributed by atoms with Crippen LogP contribution in [0, 0.1) is 10.1 Å². The van der Waals surface area contributed by atoms with Gasteiger partial charge in [-0.1, -0.05) is 39.7 Å². The molecule has 1 amide bonds. The lowest BCUT2D eigenvalue weighted by Gasteiger charge is -2.21. The van der Waals surface area contributed by atoms with Gasteiger partial charge in [0, 0.05) is 28.2 Å². The number of nitro groups is 1. The zero-order valence-electron chi connectivity index (χ0n) is 17.5. The Balaban J connectivity index is 1.75. The number of halogens is 2. The van der Waals surface area contributed by atoms with Crippen LogP contribution in [0.2, 0.25) is 5.02 Å². The first kappa shape index (κ1) is 25.5. The number of rotatable bonds is 9. The normalized spacial score (nSPS) is 11.6. The number of nitro benzene ring substituents is 1. The third-order valence-electron chi connectivity index (χ3n) is 4.55. The second-order valence-electron chi connectivity index (χ2n) is 7.00. The summed E-state index contributed by atoms with van der Waals surface area (Å²) in [4.78, 5) is 22.7. The summed E-state index contributed by atoms with van der Waals surface area (Å²) in [7, 11) is -4.01. The second kappa shape index (κ2) is 11.3. The van der Waals surface area contributed by atoms with E-state index in [1.54, 1.807) is 36.4 Å². The van der Waals surface area contributed by atoms with Crippen molar-refractivity contribution in [3.05, 3.63) is 104 Å². The van der Waals surface area contributed by atoms with E-state index in [-0.39, 0.29) is 17.1 Å². The minimum Gasteiger partial charge on any atom is -0.272 e. The number of nitrogens with zero attached hydrogens (tertiary/aromatic N) is 3. The molecule has 34 heavy (non-hydrogen) atoms. The lowest BCUT2D eigenvalue weighted by Crippen LogP contribution is -2.39. The van der Waals surface area contributed by atoms with Gasteiger partial charge in [0.05, 0.1) is 22.6 Å². The van der Waals surface area contributed by atoms with Crippen molar-refractivity contribution >= 4 is 55.4 Å². The molecule has 3 aromatic carbocycles. The molecule has 176 valence electrons. The largest absolute Gasteiger partial charge is 0.272 e. The van der Waals surface area contributed by atoms with Crippen molar-refractivity contribution in [2.45, 2.75) is 11.4 Å². The molecule has 3 aromatic rings. The molecule has 0 heterocycles. The van der Waals surface area contributed by atoms with Gasteiger partial charge in [0.15, 0.2) is 0 Å². The van der Waals surface area contributed by atoms with Crippen molar-refractivity contribution in [3.8, 4) is 0 Å². The van der Waals surface area contributed by atoms with Crippen LogP contribution in [-0.2, 0) is 21.4 Å². The van der Waals surface area contributed by atoms with Crippen LogP contribution in [-0.4, -0.2) is 36.3 Å². The summed E-state index contributed by atoms with van der Waals surface area (Å²) in [6, 6.07) is 18.3. The van der Waals surface area contributed by atoms with Crippen LogP contribution in [0.3, 0.4) is 0 Å². The molecule has 0 bridgehead atoms. The predicted octanol–water partition coefficient (Wildman–Crippen LogP) is 4.35. The van der Waals surface area contributed by atoms with Crippen LogP contribution in [0.5, 0.6) is 0 Å². The van der Waals surface area contributed by atoms with Crippen molar-refractivity contribution < 1.29 is 18.1 Å². The van der Waals surface area contributed by atoms with Crippen molar-refractivity contribution in [2.24, 2.45) is 5.10 Å². The predicted molar refractivity (Wildman–Crippen MR) is 132 cm³/mol. The first-order valence-corrected chi connectivity index (χ1v) is 12.3. The molecule has 0 radical (unpaired) electrons. The molecule has 0 saturated heterocycles. The molecule has 0 atom stereocenters. The molecule has 1 N–H and O–H groups in total. The van der Waals surface area contributed by atoms with E-state index in [9.17, 15) is 23.3 Å². The monoisotopic (exact) mass is 564 g/mol. The van der Waals surface area contributed by atoms with Gasteiger partial charge in [-0.2, -0.15) is 9.41 Å². The number of hydrogen-bond donors (Lipinski definition) is 1. The highest BCUT2D eigenvalue weighted by Crippen LogP contribution is 2.21. The Morgan fingerprint density at radius 1 is 1.06 bits per heavy atom. The van der Waals surface area contributed by atoms with Crippen LogP contribution in [0.15, 0.2) is 87.3 Å². The van der Waals surface area contributed by atoms with Crippen molar-refractivity contribution in [3.63, 3.8) is 0 Å². The zero-order valence-corrected chi connectivity index (χ0v) is 20.6. The highest BCUT2D eigenvalue weighted by molar-refractivity contribution is 9.10. The molecule has 0 saturated carbocycles. The van der Waals surface area contributed by atoms with E-state index in [2.05, 4.69) is 26.5 Å². The summed E-state index contributed by atoms with van der Waals surface area (Å²) in [6.07, 6.45) is 1.30. The Labute approximate surface area is 209 Å². The fourth-order valence-corrected chi connectivity index (χ4v) is 4.61. The molecule has 0 aliphatic heterocycles. The topological polar surface area (TPSA) is 122 Å². The van der Waals surface area contributed by atoms with Gasteiger partial charge < -0.3 is 0 Å². The second-order valence-corrected chi connectivity index (χ2v) is 10.3. The Bertz CT molecular complexity index is 1300. The lowest BCUT2D eigenvalue weighted by molar-refractivity contribution is -0.384. The van der Waals surface area contributed by atoms with Crippen molar-refractivity contribution in [1.29, 1.82) is 0 Å². The van der Waals surface area contributed by atoms with Gasteiger partial charge >= 0.3 is 0 Å². The quantitative estimate of drug-likeness (QED) is 0.235. The molecule has 0 unspecified atom stereocenters. The standard InChI is InChI=1S/C22H18BrClN4O5S/c23-18-5-11-21(12-6-18)34(32,33)27(14-17-1-7-19(24)8-2-17)15-22(29)26-25-13-16-3-9-20(10-4-16)28(30)31/h1-13H,14-15H2,(H,26,29)/b25-13-. The maximum atomic E-state index is 13.2. The Hall–Kier alpha value is -3.12. The average Bonchev–Trinajstić information content (AvgIpc) is 2.80. The van der Waals surface area contributed by atoms with Crippen LogP contribution in [0.25, 0.3) is 0 Å². The molecule has 0 aliphatic carbocycles. The maximum Gasteiger partial charge on any atom is 0.269 e. The number of carbonyl (C=O) groups is 1. The van der Waals surface area contributed by atoms with E-state index in [4.69, 9.17) is 11.6 Å².